The maximum atomic E-state index is 10.4. The fraction of sp³-hybridized carbons (Fsp3) is 0.571. The molecule has 0 rings (SSSR count). The number of rotatable bonds is 3. The fourth-order valence-electron chi connectivity index (χ4n) is 0.420. The van der Waals surface area contributed by atoms with Gasteiger partial charge in [0.1, 0.15) is 0 Å². The van der Waals surface area contributed by atoms with Crippen molar-refractivity contribution in [3.8, 4) is 0 Å². The van der Waals surface area contributed by atoms with Crippen LogP contribution in [-0.4, -0.2) is 31.4 Å². The first-order valence-corrected chi connectivity index (χ1v) is 3.15. The monoisotopic (exact) mass is 142 g/mol. The molecule has 0 aromatic rings. The molecule has 0 radical (unpaired) electrons. The molecule has 0 saturated heterocycles. The van der Waals surface area contributed by atoms with Crippen molar-refractivity contribution in [1.82, 2.24) is 4.90 Å². The maximum Gasteiger partial charge on any atom is 0.244 e. The fourth-order valence-corrected chi connectivity index (χ4v) is 0.420. The Kier molecular flexibility index (Phi) is 3.72. The SMILES string of the molecule is C/C(=C\CN(C)C)C(N)=O. The van der Waals surface area contributed by atoms with E-state index in [1.54, 1.807) is 6.92 Å². The minimum Gasteiger partial charge on any atom is -0.366 e. The normalized spacial score (nSPS) is 12.2. The molecule has 0 aromatic heterocycles. The van der Waals surface area contributed by atoms with Crippen LogP contribution in [0.1, 0.15) is 6.92 Å². The average Bonchev–Trinajstić information content (AvgIpc) is 1.82. The summed E-state index contributed by atoms with van der Waals surface area (Å²) in [5.41, 5.74) is 5.62. The molecule has 10 heavy (non-hydrogen) atoms. The van der Waals surface area contributed by atoms with Crippen LogP contribution in [0.4, 0.5) is 0 Å². The highest BCUT2D eigenvalue weighted by atomic mass is 16.1. The van der Waals surface area contributed by atoms with Gasteiger partial charge < -0.3 is 10.6 Å². The molecule has 0 spiro atoms. The van der Waals surface area contributed by atoms with Crippen molar-refractivity contribution >= 4 is 5.91 Å². The third-order valence-corrected chi connectivity index (χ3v) is 1.15. The highest BCUT2D eigenvalue weighted by Crippen LogP contribution is 1.89. The Morgan fingerprint density at radius 2 is 2.10 bits per heavy atom. The third-order valence-electron chi connectivity index (χ3n) is 1.15. The van der Waals surface area contributed by atoms with Crippen molar-refractivity contribution in [2.45, 2.75) is 6.92 Å². The zero-order valence-electron chi connectivity index (χ0n) is 6.72. The van der Waals surface area contributed by atoms with E-state index < -0.39 is 0 Å². The van der Waals surface area contributed by atoms with Gasteiger partial charge in [-0.15, -0.1) is 0 Å². The van der Waals surface area contributed by atoms with Gasteiger partial charge in [0.05, 0.1) is 0 Å². The lowest BCUT2D eigenvalue weighted by Gasteiger charge is -2.04. The molecule has 0 fully saturated rings. The Hall–Kier alpha value is -0.830. The number of likely N-dealkylation sites (N-methyl/N-ethyl adjacent to an activating group) is 1. The van der Waals surface area contributed by atoms with Gasteiger partial charge in [-0.3, -0.25) is 4.79 Å². The number of carbonyl (C=O) groups is 1. The molecule has 2 N–H and O–H groups in total. The van der Waals surface area contributed by atoms with E-state index in [9.17, 15) is 4.79 Å². The number of hydrogen-bond donors (Lipinski definition) is 1. The first kappa shape index (κ1) is 9.17. The quantitative estimate of drug-likeness (QED) is 0.563. The van der Waals surface area contributed by atoms with Crippen LogP contribution < -0.4 is 5.73 Å². The molecule has 3 heteroatoms. The van der Waals surface area contributed by atoms with E-state index in [0.29, 0.717) is 5.57 Å². The van der Waals surface area contributed by atoms with Gasteiger partial charge in [0.15, 0.2) is 0 Å². The highest BCUT2D eigenvalue weighted by Gasteiger charge is 1.94. The lowest BCUT2D eigenvalue weighted by molar-refractivity contribution is -0.114. The van der Waals surface area contributed by atoms with Gasteiger partial charge in [0.2, 0.25) is 5.91 Å². The number of amides is 1. The highest BCUT2D eigenvalue weighted by molar-refractivity contribution is 5.91. The minimum atomic E-state index is -0.346. The van der Waals surface area contributed by atoms with Crippen LogP contribution in [-0.2, 0) is 4.79 Å². The number of nitrogens with two attached hydrogens (primary N) is 1. The van der Waals surface area contributed by atoms with Crippen LogP contribution >= 0.6 is 0 Å². The summed E-state index contributed by atoms with van der Waals surface area (Å²) in [6, 6.07) is 0. The van der Waals surface area contributed by atoms with Crippen LogP contribution in [0.5, 0.6) is 0 Å². The summed E-state index contributed by atoms with van der Waals surface area (Å²) >= 11 is 0. The molecule has 0 aliphatic heterocycles. The standard InChI is InChI=1S/C7H14N2O/c1-6(7(8)10)4-5-9(2)3/h4H,5H2,1-3H3,(H2,8,10)/b6-4+. The molecule has 3 nitrogen and oxygen atoms in total. The molecule has 0 unspecified atom stereocenters. The van der Waals surface area contributed by atoms with E-state index in [0.717, 1.165) is 6.54 Å². The average molecular weight is 142 g/mol. The Bertz CT molecular complexity index is 150. The summed E-state index contributed by atoms with van der Waals surface area (Å²) in [4.78, 5) is 12.4. The molecule has 0 bridgehead atoms. The summed E-state index contributed by atoms with van der Waals surface area (Å²) < 4.78 is 0. The van der Waals surface area contributed by atoms with Crippen LogP contribution in [0, 0.1) is 0 Å². The van der Waals surface area contributed by atoms with Gasteiger partial charge in [-0.05, 0) is 21.0 Å². The lowest BCUT2D eigenvalue weighted by atomic mass is 10.3. The Balaban J connectivity index is 3.81. The van der Waals surface area contributed by atoms with E-state index in [1.165, 1.54) is 0 Å². The van der Waals surface area contributed by atoms with Crippen molar-refractivity contribution in [3.05, 3.63) is 11.6 Å². The van der Waals surface area contributed by atoms with E-state index >= 15 is 0 Å². The summed E-state index contributed by atoms with van der Waals surface area (Å²) in [6.45, 7) is 2.47. The first-order chi connectivity index (χ1) is 4.54. The second-order valence-corrected chi connectivity index (χ2v) is 2.51. The lowest BCUT2D eigenvalue weighted by Crippen LogP contribution is -2.15. The van der Waals surface area contributed by atoms with Gasteiger partial charge in [-0.2, -0.15) is 0 Å². The number of hydrogen-bond acceptors (Lipinski definition) is 2. The molecule has 0 aromatic carbocycles. The Morgan fingerprint density at radius 3 is 2.40 bits per heavy atom. The van der Waals surface area contributed by atoms with Gasteiger partial charge in [0.25, 0.3) is 0 Å². The number of primary amides is 1. The van der Waals surface area contributed by atoms with Crippen molar-refractivity contribution in [3.63, 3.8) is 0 Å². The molecule has 0 aliphatic rings. The Labute approximate surface area is 61.5 Å². The second kappa shape index (κ2) is 4.06. The molecule has 58 valence electrons. The van der Waals surface area contributed by atoms with Crippen LogP contribution in [0.15, 0.2) is 11.6 Å². The summed E-state index contributed by atoms with van der Waals surface area (Å²) in [7, 11) is 3.87. The van der Waals surface area contributed by atoms with Crippen LogP contribution in [0.3, 0.4) is 0 Å². The van der Waals surface area contributed by atoms with E-state index in [-0.39, 0.29) is 5.91 Å². The molecular weight excluding hydrogens is 128 g/mol. The smallest absolute Gasteiger partial charge is 0.244 e. The molecule has 0 atom stereocenters. The largest absolute Gasteiger partial charge is 0.366 e. The topological polar surface area (TPSA) is 46.3 Å². The third kappa shape index (κ3) is 4.09. The molecule has 0 heterocycles. The second-order valence-electron chi connectivity index (χ2n) is 2.51. The van der Waals surface area contributed by atoms with Crippen molar-refractivity contribution in [1.29, 1.82) is 0 Å². The van der Waals surface area contributed by atoms with Crippen LogP contribution in [0.2, 0.25) is 0 Å². The van der Waals surface area contributed by atoms with Crippen LogP contribution in [0.25, 0.3) is 0 Å². The van der Waals surface area contributed by atoms with Crippen molar-refractivity contribution < 1.29 is 4.79 Å². The molecule has 0 saturated carbocycles. The Morgan fingerprint density at radius 1 is 1.60 bits per heavy atom. The van der Waals surface area contributed by atoms with Gasteiger partial charge in [-0.1, -0.05) is 6.08 Å². The molecule has 0 aliphatic carbocycles. The maximum absolute atomic E-state index is 10.4. The summed E-state index contributed by atoms with van der Waals surface area (Å²) in [6.07, 6.45) is 1.81. The van der Waals surface area contributed by atoms with Gasteiger partial charge >= 0.3 is 0 Å². The summed E-state index contributed by atoms with van der Waals surface area (Å²) in [5, 5.41) is 0. The number of nitrogens with zero attached hydrogens (tertiary/aromatic N) is 1. The van der Waals surface area contributed by atoms with E-state index in [1.807, 2.05) is 25.1 Å². The minimum absolute atomic E-state index is 0.346. The number of carbonyl (C=O) groups excluding carboxylic acids is 1. The van der Waals surface area contributed by atoms with Gasteiger partial charge in [0, 0.05) is 12.1 Å². The molecular formula is C7H14N2O. The zero-order valence-corrected chi connectivity index (χ0v) is 6.72. The van der Waals surface area contributed by atoms with Crippen molar-refractivity contribution in [2.75, 3.05) is 20.6 Å². The van der Waals surface area contributed by atoms with E-state index in [2.05, 4.69) is 0 Å². The molecule has 1 amide bonds. The summed E-state index contributed by atoms with van der Waals surface area (Å²) in [5.74, 6) is -0.346. The van der Waals surface area contributed by atoms with E-state index in [4.69, 9.17) is 5.73 Å². The predicted octanol–water partition coefficient (Wildman–Crippen LogP) is -0.0204. The van der Waals surface area contributed by atoms with Crippen molar-refractivity contribution in [2.24, 2.45) is 5.73 Å². The first-order valence-electron chi connectivity index (χ1n) is 3.15. The zero-order chi connectivity index (χ0) is 8.15. The van der Waals surface area contributed by atoms with Gasteiger partial charge in [-0.25, -0.2) is 0 Å². The predicted molar refractivity (Wildman–Crippen MR) is 41.5 cm³/mol.